The Hall–Kier alpha value is -0.780. The van der Waals surface area contributed by atoms with Crippen molar-refractivity contribution in [2.45, 2.75) is 37.6 Å². The van der Waals surface area contributed by atoms with E-state index in [0.29, 0.717) is 17.5 Å². The number of halogens is 1. The smallest absolute Gasteiger partial charge is 0.245 e. The van der Waals surface area contributed by atoms with E-state index in [9.17, 15) is 8.42 Å². The molecule has 106 valence electrons. The van der Waals surface area contributed by atoms with Gasteiger partial charge in [-0.15, -0.1) is 0 Å². The molecule has 0 aromatic heterocycles. The summed E-state index contributed by atoms with van der Waals surface area (Å²) in [5, 5.41) is 0.441. The summed E-state index contributed by atoms with van der Waals surface area (Å²) < 4.78 is 26.9. The molecule has 1 fully saturated rings. The monoisotopic (exact) mass is 302 g/mol. The van der Waals surface area contributed by atoms with E-state index in [1.165, 1.54) is 12.1 Å². The quantitative estimate of drug-likeness (QED) is 0.854. The summed E-state index contributed by atoms with van der Waals surface area (Å²) in [5.74, 6) is 0.375. The zero-order valence-corrected chi connectivity index (χ0v) is 12.7. The van der Waals surface area contributed by atoms with Crippen molar-refractivity contribution in [2.75, 3.05) is 12.3 Å². The molecule has 0 saturated carbocycles. The van der Waals surface area contributed by atoms with Crippen LogP contribution in [0.4, 0.5) is 5.69 Å². The van der Waals surface area contributed by atoms with Gasteiger partial charge >= 0.3 is 0 Å². The molecule has 1 aliphatic rings. The van der Waals surface area contributed by atoms with Crippen LogP contribution < -0.4 is 5.73 Å². The normalized spacial score (nSPS) is 25.4. The second-order valence-corrected chi connectivity index (χ2v) is 7.58. The Morgan fingerprint density at radius 2 is 2.00 bits per heavy atom. The Bertz CT molecular complexity index is 574. The fourth-order valence-electron chi connectivity index (χ4n) is 2.46. The lowest BCUT2D eigenvalue weighted by Gasteiger charge is -2.35. The summed E-state index contributed by atoms with van der Waals surface area (Å²) in [6.07, 6.45) is 1.94. The number of hydrogen-bond donors (Lipinski definition) is 1. The number of nitrogens with zero attached hydrogens (tertiary/aromatic N) is 1. The molecule has 1 saturated heterocycles. The summed E-state index contributed by atoms with van der Waals surface area (Å²) in [6.45, 7) is 4.56. The summed E-state index contributed by atoms with van der Waals surface area (Å²) in [5.41, 5.74) is 6.01. The van der Waals surface area contributed by atoms with Gasteiger partial charge in [-0.1, -0.05) is 18.5 Å². The Morgan fingerprint density at radius 1 is 1.32 bits per heavy atom. The first kappa shape index (κ1) is 14.6. The molecule has 0 amide bonds. The second kappa shape index (κ2) is 5.31. The van der Waals surface area contributed by atoms with E-state index in [0.717, 1.165) is 12.8 Å². The summed E-state index contributed by atoms with van der Waals surface area (Å²) in [6, 6.07) is 4.53. The topological polar surface area (TPSA) is 63.4 Å². The van der Waals surface area contributed by atoms with Gasteiger partial charge in [-0.3, -0.25) is 0 Å². The molecule has 0 bridgehead atoms. The first-order valence-electron chi connectivity index (χ1n) is 6.39. The van der Waals surface area contributed by atoms with Crippen LogP contribution in [0.5, 0.6) is 0 Å². The number of nitrogen functional groups attached to an aromatic ring is 1. The minimum absolute atomic E-state index is 0.0104. The van der Waals surface area contributed by atoms with Crippen LogP contribution >= 0.6 is 11.6 Å². The molecule has 1 aliphatic heterocycles. The van der Waals surface area contributed by atoms with Crippen LogP contribution in [0.3, 0.4) is 0 Å². The van der Waals surface area contributed by atoms with Gasteiger partial charge in [0.15, 0.2) is 0 Å². The van der Waals surface area contributed by atoms with E-state index in [-0.39, 0.29) is 16.6 Å². The minimum atomic E-state index is -3.54. The van der Waals surface area contributed by atoms with E-state index in [1.807, 2.05) is 6.92 Å². The van der Waals surface area contributed by atoms with Crippen molar-refractivity contribution in [1.29, 1.82) is 0 Å². The minimum Gasteiger partial charge on any atom is -0.398 e. The number of piperidine rings is 1. The molecular weight excluding hydrogens is 284 g/mol. The van der Waals surface area contributed by atoms with Gasteiger partial charge in [0.2, 0.25) is 10.0 Å². The van der Waals surface area contributed by atoms with E-state index in [4.69, 9.17) is 17.3 Å². The summed E-state index contributed by atoms with van der Waals surface area (Å²) in [7, 11) is -3.54. The highest BCUT2D eigenvalue weighted by Gasteiger charge is 2.34. The predicted octanol–water partition coefficient (Wildman–Crippen LogP) is 2.73. The van der Waals surface area contributed by atoms with E-state index >= 15 is 0 Å². The van der Waals surface area contributed by atoms with Crippen molar-refractivity contribution < 1.29 is 8.42 Å². The molecule has 0 spiro atoms. The molecule has 19 heavy (non-hydrogen) atoms. The maximum Gasteiger partial charge on any atom is 0.245 e. The van der Waals surface area contributed by atoms with Gasteiger partial charge < -0.3 is 5.73 Å². The lowest BCUT2D eigenvalue weighted by Crippen LogP contribution is -2.44. The van der Waals surface area contributed by atoms with E-state index < -0.39 is 10.0 Å². The maximum absolute atomic E-state index is 12.7. The standard InChI is InChI=1S/C13H19ClN2O2S/c1-9-3-4-10(2)16(8-9)19(17,18)13-6-5-11(14)7-12(13)15/h5-7,9-10H,3-4,8,15H2,1-2H3. The second-order valence-electron chi connectivity index (χ2n) is 5.29. The molecule has 1 heterocycles. The van der Waals surface area contributed by atoms with Crippen LogP contribution in [0, 0.1) is 5.92 Å². The molecule has 0 aliphatic carbocycles. The highest BCUT2D eigenvalue weighted by atomic mass is 35.5. The van der Waals surface area contributed by atoms with Crippen LogP contribution in [-0.2, 0) is 10.0 Å². The molecule has 4 nitrogen and oxygen atoms in total. The van der Waals surface area contributed by atoms with Gasteiger partial charge in [-0.25, -0.2) is 8.42 Å². The Kier molecular flexibility index (Phi) is 4.08. The van der Waals surface area contributed by atoms with Crippen molar-refractivity contribution >= 4 is 27.3 Å². The largest absolute Gasteiger partial charge is 0.398 e. The average molecular weight is 303 g/mol. The average Bonchev–Trinajstić information content (AvgIpc) is 2.31. The van der Waals surface area contributed by atoms with Crippen LogP contribution in [0.25, 0.3) is 0 Å². The van der Waals surface area contributed by atoms with Crippen molar-refractivity contribution in [3.8, 4) is 0 Å². The van der Waals surface area contributed by atoms with Crippen LogP contribution in [0.1, 0.15) is 26.7 Å². The molecule has 0 radical (unpaired) electrons. The molecule has 2 unspecified atom stereocenters. The molecule has 1 aromatic rings. The summed E-state index contributed by atoms with van der Waals surface area (Å²) in [4.78, 5) is 0.151. The molecule has 1 aromatic carbocycles. The van der Waals surface area contributed by atoms with Gasteiger partial charge in [0.05, 0.1) is 5.69 Å². The number of nitrogens with two attached hydrogens (primary N) is 1. The van der Waals surface area contributed by atoms with E-state index in [2.05, 4.69) is 6.92 Å². The van der Waals surface area contributed by atoms with Crippen molar-refractivity contribution in [3.63, 3.8) is 0 Å². The first-order valence-corrected chi connectivity index (χ1v) is 8.21. The number of benzene rings is 1. The lowest BCUT2D eigenvalue weighted by atomic mass is 9.97. The SMILES string of the molecule is CC1CCC(C)N(S(=O)(=O)c2ccc(Cl)cc2N)C1. The van der Waals surface area contributed by atoms with Gasteiger partial charge in [0, 0.05) is 17.6 Å². The van der Waals surface area contributed by atoms with Crippen molar-refractivity contribution in [2.24, 2.45) is 5.92 Å². The van der Waals surface area contributed by atoms with Gasteiger partial charge in [0.25, 0.3) is 0 Å². The highest BCUT2D eigenvalue weighted by Crippen LogP contribution is 2.31. The van der Waals surface area contributed by atoms with Crippen LogP contribution in [0.15, 0.2) is 23.1 Å². The zero-order chi connectivity index (χ0) is 14.2. The van der Waals surface area contributed by atoms with Gasteiger partial charge in [0.1, 0.15) is 4.90 Å². The summed E-state index contributed by atoms with van der Waals surface area (Å²) >= 11 is 5.82. The fourth-order valence-corrected chi connectivity index (χ4v) is 4.52. The van der Waals surface area contributed by atoms with Crippen LogP contribution in [-0.4, -0.2) is 25.3 Å². The predicted molar refractivity (Wildman–Crippen MR) is 77.6 cm³/mol. The number of sulfonamides is 1. The molecule has 2 rings (SSSR count). The maximum atomic E-state index is 12.7. The van der Waals surface area contributed by atoms with Crippen LogP contribution in [0.2, 0.25) is 5.02 Å². The zero-order valence-electron chi connectivity index (χ0n) is 11.1. The van der Waals surface area contributed by atoms with Crippen molar-refractivity contribution in [3.05, 3.63) is 23.2 Å². The molecule has 2 N–H and O–H groups in total. The third-order valence-electron chi connectivity index (χ3n) is 3.62. The van der Waals surface area contributed by atoms with Gasteiger partial charge in [-0.05, 0) is 43.9 Å². The fraction of sp³-hybridized carbons (Fsp3) is 0.538. The number of anilines is 1. The Balaban J connectivity index is 2.41. The molecule has 6 heteroatoms. The third kappa shape index (κ3) is 2.88. The third-order valence-corrected chi connectivity index (χ3v) is 5.91. The number of hydrogen-bond acceptors (Lipinski definition) is 3. The Labute approximate surface area is 119 Å². The molecular formula is C13H19ClN2O2S. The van der Waals surface area contributed by atoms with E-state index in [1.54, 1.807) is 10.4 Å². The highest BCUT2D eigenvalue weighted by molar-refractivity contribution is 7.89. The first-order chi connectivity index (χ1) is 8.82. The van der Waals surface area contributed by atoms with Crippen molar-refractivity contribution in [1.82, 2.24) is 4.31 Å². The lowest BCUT2D eigenvalue weighted by molar-refractivity contribution is 0.218. The van der Waals surface area contributed by atoms with Gasteiger partial charge in [-0.2, -0.15) is 4.31 Å². The molecule has 2 atom stereocenters. The Morgan fingerprint density at radius 3 is 2.63 bits per heavy atom. The number of rotatable bonds is 2.